The topological polar surface area (TPSA) is 59.0 Å². The van der Waals surface area contributed by atoms with Crippen molar-refractivity contribution in [2.75, 3.05) is 33.9 Å². The lowest BCUT2D eigenvalue weighted by molar-refractivity contribution is 0.0650. The van der Waals surface area contributed by atoms with E-state index in [0.717, 1.165) is 18.4 Å². The predicted molar refractivity (Wildman–Crippen MR) is 80.0 cm³/mol. The number of ether oxygens (including phenoxy) is 2. The first-order valence-corrected chi connectivity index (χ1v) is 7.23. The first-order valence-electron chi connectivity index (χ1n) is 7.23. The summed E-state index contributed by atoms with van der Waals surface area (Å²) in [6, 6.07) is 3.52. The molecule has 1 fully saturated rings. The number of nitrogens with zero attached hydrogens (tertiary/aromatic N) is 1. The van der Waals surface area contributed by atoms with E-state index in [1.165, 1.54) is 0 Å². The highest BCUT2D eigenvalue weighted by atomic mass is 16.5. The molecule has 1 aliphatic heterocycles. The summed E-state index contributed by atoms with van der Waals surface area (Å²) >= 11 is 0. The van der Waals surface area contributed by atoms with E-state index in [9.17, 15) is 4.79 Å². The number of piperidine rings is 1. The predicted octanol–water partition coefficient (Wildman–Crippen LogP) is 1.86. The molecule has 0 spiro atoms. The SMILES string of the molecule is COc1cc(C(=O)N2CCC(CO)CC2)cc(OC)c1C. The fourth-order valence-corrected chi connectivity index (χ4v) is 2.71. The van der Waals surface area contributed by atoms with Crippen LogP contribution in [0.3, 0.4) is 0 Å². The van der Waals surface area contributed by atoms with E-state index in [1.807, 2.05) is 11.8 Å². The molecule has 2 rings (SSSR count). The van der Waals surface area contributed by atoms with Crippen molar-refractivity contribution < 1.29 is 19.4 Å². The van der Waals surface area contributed by atoms with Crippen LogP contribution in [-0.4, -0.2) is 49.8 Å². The van der Waals surface area contributed by atoms with Crippen LogP contribution in [0.4, 0.5) is 0 Å². The zero-order valence-electron chi connectivity index (χ0n) is 12.9. The standard InChI is InChI=1S/C16H23NO4/c1-11-14(20-2)8-13(9-15(11)21-3)16(19)17-6-4-12(10-18)5-7-17/h8-9,12,18H,4-7,10H2,1-3H3. The summed E-state index contributed by atoms with van der Waals surface area (Å²) in [6.07, 6.45) is 1.70. The van der Waals surface area contributed by atoms with E-state index in [1.54, 1.807) is 26.4 Å². The summed E-state index contributed by atoms with van der Waals surface area (Å²) in [7, 11) is 3.17. The quantitative estimate of drug-likeness (QED) is 0.920. The van der Waals surface area contributed by atoms with Gasteiger partial charge >= 0.3 is 0 Å². The first kappa shape index (κ1) is 15.6. The Kier molecular flexibility index (Phi) is 5.07. The van der Waals surface area contributed by atoms with Crippen molar-refractivity contribution in [3.8, 4) is 11.5 Å². The van der Waals surface area contributed by atoms with Crippen molar-refractivity contribution >= 4 is 5.91 Å². The summed E-state index contributed by atoms with van der Waals surface area (Å²) in [5.41, 5.74) is 1.47. The van der Waals surface area contributed by atoms with E-state index in [0.29, 0.717) is 36.1 Å². The zero-order chi connectivity index (χ0) is 15.4. The molecule has 1 N–H and O–H groups in total. The van der Waals surface area contributed by atoms with Crippen molar-refractivity contribution in [2.45, 2.75) is 19.8 Å². The van der Waals surface area contributed by atoms with Crippen molar-refractivity contribution in [3.05, 3.63) is 23.3 Å². The lowest BCUT2D eigenvalue weighted by Crippen LogP contribution is -2.39. The fraction of sp³-hybridized carbons (Fsp3) is 0.562. The van der Waals surface area contributed by atoms with Gasteiger partial charge in [0.15, 0.2) is 0 Å². The Morgan fingerprint density at radius 1 is 1.24 bits per heavy atom. The van der Waals surface area contributed by atoms with Gasteiger partial charge in [-0.3, -0.25) is 4.79 Å². The van der Waals surface area contributed by atoms with Crippen LogP contribution < -0.4 is 9.47 Å². The molecule has 1 aromatic rings. The maximum Gasteiger partial charge on any atom is 0.254 e. The number of benzene rings is 1. The molecule has 5 heteroatoms. The van der Waals surface area contributed by atoms with E-state index in [4.69, 9.17) is 14.6 Å². The van der Waals surface area contributed by atoms with E-state index >= 15 is 0 Å². The van der Waals surface area contributed by atoms with Crippen molar-refractivity contribution in [1.29, 1.82) is 0 Å². The van der Waals surface area contributed by atoms with Crippen LogP contribution in [0.15, 0.2) is 12.1 Å². The number of carbonyl (C=O) groups is 1. The third-order valence-corrected chi connectivity index (χ3v) is 4.16. The van der Waals surface area contributed by atoms with E-state index in [-0.39, 0.29) is 12.5 Å². The molecule has 0 aromatic heterocycles. The molecule has 1 aromatic carbocycles. The van der Waals surface area contributed by atoms with Crippen LogP contribution in [0.25, 0.3) is 0 Å². The maximum atomic E-state index is 12.6. The molecule has 0 unspecified atom stereocenters. The lowest BCUT2D eigenvalue weighted by Gasteiger charge is -2.31. The molecule has 1 heterocycles. The zero-order valence-corrected chi connectivity index (χ0v) is 12.9. The second-order valence-corrected chi connectivity index (χ2v) is 5.42. The van der Waals surface area contributed by atoms with Gasteiger partial charge in [-0.05, 0) is 37.8 Å². The molecule has 1 aliphatic rings. The first-order chi connectivity index (χ1) is 10.1. The van der Waals surface area contributed by atoms with E-state index < -0.39 is 0 Å². The Morgan fingerprint density at radius 2 is 1.76 bits per heavy atom. The molecule has 0 bridgehead atoms. The number of carbonyl (C=O) groups excluding carboxylic acids is 1. The second-order valence-electron chi connectivity index (χ2n) is 5.42. The van der Waals surface area contributed by atoms with E-state index in [2.05, 4.69) is 0 Å². The normalized spacial score (nSPS) is 15.9. The molecule has 5 nitrogen and oxygen atoms in total. The van der Waals surface area contributed by atoms with Gasteiger partial charge in [-0.1, -0.05) is 0 Å². The number of aliphatic hydroxyl groups excluding tert-OH is 1. The van der Waals surface area contributed by atoms with Gasteiger partial charge in [0.05, 0.1) is 14.2 Å². The summed E-state index contributed by atoms with van der Waals surface area (Å²) in [4.78, 5) is 14.4. The highest BCUT2D eigenvalue weighted by Crippen LogP contribution is 2.30. The monoisotopic (exact) mass is 293 g/mol. The summed E-state index contributed by atoms with van der Waals surface area (Å²) in [5, 5.41) is 9.16. The molecule has 116 valence electrons. The van der Waals surface area contributed by atoms with Crippen LogP contribution in [0.5, 0.6) is 11.5 Å². The number of aliphatic hydroxyl groups is 1. The Labute approximate surface area is 125 Å². The molecular weight excluding hydrogens is 270 g/mol. The largest absolute Gasteiger partial charge is 0.496 e. The van der Waals surface area contributed by atoms with Crippen molar-refractivity contribution in [1.82, 2.24) is 4.90 Å². The average Bonchev–Trinajstić information content (AvgIpc) is 2.54. The van der Waals surface area contributed by atoms with Gasteiger partial charge < -0.3 is 19.5 Å². The van der Waals surface area contributed by atoms with Crippen LogP contribution in [0.1, 0.15) is 28.8 Å². The van der Waals surface area contributed by atoms with Gasteiger partial charge in [-0.2, -0.15) is 0 Å². The number of likely N-dealkylation sites (tertiary alicyclic amines) is 1. The van der Waals surface area contributed by atoms with Gasteiger partial charge in [0, 0.05) is 30.8 Å². The van der Waals surface area contributed by atoms with Crippen LogP contribution in [0, 0.1) is 12.8 Å². The Balaban J connectivity index is 2.19. The van der Waals surface area contributed by atoms with Gasteiger partial charge in [-0.25, -0.2) is 0 Å². The number of rotatable bonds is 4. The molecule has 0 atom stereocenters. The average molecular weight is 293 g/mol. The third kappa shape index (κ3) is 3.29. The fourth-order valence-electron chi connectivity index (χ4n) is 2.71. The molecule has 0 radical (unpaired) electrons. The second kappa shape index (κ2) is 6.80. The van der Waals surface area contributed by atoms with Gasteiger partial charge in [-0.15, -0.1) is 0 Å². The minimum absolute atomic E-state index is 0.0111. The number of hydrogen-bond donors (Lipinski definition) is 1. The van der Waals surface area contributed by atoms with Crippen molar-refractivity contribution in [3.63, 3.8) is 0 Å². The maximum absolute atomic E-state index is 12.6. The molecule has 0 saturated carbocycles. The van der Waals surface area contributed by atoms with Gasteiger partial charge in [0.1, 0.15) is 11.5 Å². The number of hydrogen-bond acceptors (Lipinski definition) is 4. The molecule has 0 aliphatic carbocycles. The Bertz CT molecular complexity index is 482. The van der Waals surface area contributed by atoms with Crippen LogP contribution in [0.2, 0.25) is 0 Å². The summed E-state index contributed by atoms with van der Waals surface area (Å²) < 4.78 is 10.6. The molecule has 21 heavy (non-hydrogen) atoms. The highest BCUT2D eigenvalue weighted by Gasteiger charge is 2.24. The minimum atomic E-state index is -0.0111. The lowest BCUT2D eigenvalue weighted by atomic mass is 9.97. The summed E-state index contributed by atoms with van der Waals surface area (Å²) in [6.45, 7) is 3.47. The van der Waals surface area contributed by atoms with Gasteiger partial charge in [0.25, 0.3) is 5.91 Å². The Morgan fingerprint density at radius 3 is 2.19 bits per heavy atom. The summed E-state index contributed by atoms with van der Waals surface area (Å²) in [5.74, 6) is 1.62. The highest BCUT2D eigenvalue weighted by molar-refractivity contribution is 5.95. The smallest absolute Gasteiger partial charge is 0.254 e. The Hall–Kier alpha value is -1.75. The number of methoxy groups -OCH3 is 2. The third-order valence-electron chi connectivity index (χ3n) is 4.16. The van der Waals surface area contributed by atoms with Crippen LogP contribution >= 0.6 is 0 Å². The molecular formula is C16H23NO4. The molecule has 1 saturated heterocycles. The number of amides is 1. The van der Waals surface area contributed by atoms with Gasteiger partial charge in [0.2, 0.25) is 0 Å². The molecule has 1 amide bonds. The van der Waals surface area contributed by atoms with Crippen molar-refractivity contribution in [2.24, 2.45) is 5.92 Å². The van der Waals surface area contributed by atoms with Crippen LogP contribution in [-0.2, 0) is 0 Å². The minimum Gasteiger partial charge on any atom is -0.496 e.